The highest BCUT2D eigenvalue weighted by molar-refractivity contribution is 6.74. The van der Waals surface area contributed by atoms with Crippen LogP contribution in [0.1, 0.15) is 66.2 Å². The van der Waals surface area contributed by atoms with Crippen LogP contribution < -0.4 is 0 Å². The monoisotopic (exact) mass is 270 g/mol. The van der Waals surface area contributed by atoms with Gasteiger partial charge in [-0.2, -0.15) is 0 Å². The summed E-state index contributed by atoms with van der Waals surface area (Å²) in [5.74, 6) is 0. The number of hydrogen-bond acceptors (Lipinski definition) is 1. The molecule has 2 heteroatoms. The van der Waals surface area contributed by atoms with Gasteiger partial charge >= 0.3 is 0 Å². The molecule has 0 aliphatic rings. The van der Waals surface area contributed by atoms with E-state index in [2.05, 4.69) is 52.9 Å². The molecule has 0 amide bonds. The fraction of sp³-hybridized carbons (Fsp3) is 0.875. The molecule has 0 aromatic heterocycles. The molecule has 0 spiro atoms. The molecule has 0 aromatic rings. The number of rotatable bonds is 9. The van der Waals surface area contributed by atoms with E-state index in [1.54, 1.807) is 0 Å². The van der Waals surface area contributed by atoms with Gasteiger partial charge in [-0.1, -0.05) is 52.7 Å². The summed E-state index contributed by atoms with van der Waals surface area (Å²) in [5.41, 5.74) is 0. The predicted molar refractivity (Wildman–Crippen MR) is 85.7 cm³/mol. The lowest BCUT2D eigenvalue weighted by molar-refractivity contribution is 0.277. The highest BCUT2D eigenvalue weighted by Gasteiger charge is 2.36. The third-order valence-electron chi connectivity index (χ3n) is 3.94. The van der Waals surface area contributed by atoms with Gasteiger partial charge in [-0.05, 0) is 43.8 Å². The second-order valence-electron chi connectivity index (χ2n) is 6.69. The number of unbranched alkanes of at least 4 members (excludes halogenated alkanes) is 4. The third-order valence-corrected chi connectivity index (χ3v) is 8.47. The third kappa shape index (κ3) is 8.10. The molecule has 0 aliphatic carbocycles. The van der Waals surface area contributed by atoms with E-state index in [0.29, 0.717) is 5.04 Å². The average molecular weight is 271 g/mol. The first kappa shape index (κ1) is 17.9. The molecule has 0 aliphatic heterocycles. The summed E-state index contributed by atoms with van der Waals surface area (Å²) in [7, 11) is -1.50. The van der Waals surface area contributed by atoms with Gasteiger partial charge in [0.15, 0.2) is 8.32 Å². The van der Waals surface area contributed by atoms with E-state index in [-0.39, 0.29) is 0 Å². The highest BCUT2D eigenvalue weighted by Crippen LogP contribution is 2.36. The Hall–Kier alpha value is -0.0831. The van der Waals surface area contributed by atoms with Gasteiger partial charge in [-0.25, -0.2) is 0 Å². The van der Waals surface area contributed by atoms with Crippen LogP contribution in [0.4, 0.5) is 0 Å². The molecule has 0 unspecified atom stereocenters. The van der Waals surface area contributed by atoms with E-state index in [9.17, 15) is 0 Å². The van der Waals surface area contributed by atoms with E-state index in [0.717, 1.165) is 6.61 Å². The molecular formula is C16H34OSi. The zero-order chi connectivity index (χ0) is 14.1. The van der Waals surface area contributed by atoms with Crippen LogP contribution in [0, 0.1) is 0 Å². The summed E-state index contributed by atoms with van der Waals surface area (Å²) in [4.78, 5) is 0. The van der Waals surface area contributed by atoms with Crippen molar-refractivity contribution in [2.24, 2.45) is 0 Å². The van der Waals surface area contributed by atoms with Crippen LogP contribution in [0.25, 0.3) is 0 Å². The molecule has 0 aromatic carbocycles. The van der Waals surface area contributed by atoms with E-state index in [1.165, 1.54) is 38.5 Å². The predicted octanol–water partition coefficient (Wildman–Crippen LogP) is 5.92. The van der Waals surface area contributed by atoms with Gasteiger partial charge in [0.1, 0.15) is 0 Å². The second kappa shape index (κ2) is 8.92. The molecule has 0 atom stereocenters. The standard InChI is InChI=1S/C16H34OSi/c1-7-8-9-10-11-12-13-14-15-17-18(5,6)16(2,3)4/h8-9H,7,10-15H2,1-6H3. The molecule has 0 rings (SSSR count). The van der Waals surface area contributed by atoms with Crippen molar-refractivity contribution in [3.63, 3.8) is 0 Å². The molecule has 1 nitrogen and oxygen atoms in total. The maximum absolute atomic E-state index is 6.16. The van der Waals surface area contributed by atoms with Gasteiger partial charge in [0, 0.05) is 6.61 Å². The van der Waals surface area contributed by atoms with Gasteiger partial charge < -0.3 is 4.43 Å². The maximum Gasteiger partial charge on any atom is 0.191 e. The SMILES string of the molecule is CCC=CCCCCCCO[Si](C)(C)C(C)(C)C. The Morgan fingerprint density at radius 2 is 1.56 bits per heavy atom. The molecule has 108 valence electrons. The van der Waals surface area contributed by atoms with Gasteiger partial charge in [0.2, 0.25) is 0 Å². The van der Waals surface area contributed by atoms with Gasteiger partial charge in [-0.15, -0.1) is 0 Å². The normalized spacial score (nSPS) is 13.4. The summed E-state index contributed by atoms with van der Waals surface area (Å²) in [5, 5.41) is 0.345. The summed E-state index contributed by atoms with van der Waals surface area (Å²) >= 11 is 0. The van der Waals surface area contributed by atoms with Crippen LogP contribution in [0.2, 0.25) is 18.1 Å². The van der Waals surface area contributed by atoms with E-state index in [1.807, 2.05) is 0 Å². The first-order valence-corrected chi connectivity index (χ1v) is 10.5. The maximum atomic E-state index is 6.16. The fourth-order valence-corrected chi connectivity index (χ4v) is 2.63. The largest absolute Gasteiger partial charge is 0.417 e. The zero-order valence-electron chi connectivity index (χ0n) is 13.5. The Labute approximate surface area is 116 Å². The lowest BCUT2D eigenvalue weighted by atomic mass is 10.1. The minimum atomic E-state index is -1.50. The summed E-state index contributed by atoms with van der Waals surface area (Å²) in [6, 6.07) is 0. The van der Waals surface area contributed by atoms with Crippen LogP contribution >= 0.6 is 0 Å². The topological polar surface area (TPSA) is 9.23 Å². The van der Waals surface area contributed by atoms with Crippen molar-refractivity contribution in [3.05, 3.63) is 12.2 Å². The Bertz CT molecular complexity index is 226. The Morgan fingerprint density at radius 3 is 2.11 bits per heavy atom. The van der Waals surface area contributed by atoms with Crippen LogP contribution in [0.15, 0.2) is 12.2 Å². The molecule has 0 bridgehead atoms. The quantitative estimate of drug-likeness (QED) is 0.287. The molecule has 0 heterocycles. The van der Waals surface area contributed by atoms with Crippen LogP contribution in [0.3, 0.4) is 0 Å². The zero-order valence-corrected chi connectivity index (χ0v) is 14.5. The van der Waals surface area contributed by atoms with Gasteiger partial charge in [0.25, 0.3) is 0 Å². The van der Waals surface area contributed by atoms with E-state index in [4.69, 9.17) is 4.43 Å². The molecule has 18 heavy (non-hydrogen) atoms. The molecule has 0 fully saturated rings. The molecule has 0 saturated heterocycles. The average Bonchev–Trinajstić information content (AvgIpc) is 2.25. The minimum Gasteiger partial charge on any atom is -0.417 e. The first-order chi connectivity index (χ1) is 8.31. The highest BCUT2D eigenvalue weighted by atomic mass is 28.4. The first-order valence-electron chi connectivity index (χ1n) is 7.60. The number of allylic oxidation sites excluding steroid dienone is 2. The lowest BCUT2D eigenvalue weighted by Gasteiger charge is -2.36. The van der Waals surface area contributed by atoms with Crippen LogP contribution in [0.5, 0.6) is 0 Å². The van der Waals surface area contributed by atoms with Crippen molar-refractivity contribution in [2.75, 3.05) is 6.61 Å². The second-order valence-corrected chi connectivity index (χ2v) is 11.5. The van der Waals surface area contributed by atoms with Crippen LogP contribution in [-0.4, -0.2) is 14.9 Å². The van der Waals surface area contributed by atoms with Crippen molar-refractivity contribution in [2.45, 2.75) is 84.4 Å². The summed E-state index contributed by atoms with van der Waals surface area (Å²) in [6.07, 6.45) is 12.2. The van der Waals surface area contributed by atoms with Gasteiger partial charge in [0.05, 0.1) is 0 Å². The van der Waals surface area contributed by atoms with Crippen molar-refractivity contribution < 1.29 is 4.43 Å². The van der Waals surface area contributed by atoms with E-state index < -0.39 is 8.32 Å². The number of hydrogen-bond donors (Lipinski definition) is 0. The summed E-state index contributed by atoms with van der Waals surface area (Å²) in [6.45, 7) is 14.7. The van der Waals surface area contributed by atoms with Crippen LogP contribution in [-0.2, 0) is 4.43 Å². The van der Waals surface area contributed by atoms with Crippen molar-refractivity contribution >= 4 is 8.32 Å². The molecule has 0 radical (unpaired) electrons. The molecule has 0 saturated carbocycles. The molecule has 0 N–H and O–H groups in total. The Kier molecular flexibility index (Phi) is 8.88. The summed E-state index contributed by atoms with van der Waals surface area (Å²) < 4.78 is 6.16. The Morgan fingerprint density at radius 1 is 0.944 bits per heavy atom. The fourth-order valence-electron chi connectivity index (χ4n) is 1.55. The minimum absolute atomic E-state index is 0.345. The van der Waals surface area contributed by atoms with Gasteiger partial charge in [-0.3, -0.25) is 0 Å². The Balaban J connectivity index is 3.49. The van der Waals surface area contributed by atoms with Crippen molar-refractivity contribution in [1.29, 1.82) is 0 Å². The smallest absolute Gasteiger partial charge is 0.191 e. The van der Waals surface area contributed by atoms with E-state index >= 15 is 0 Å². The molecular weight excluding hydrogens is 236 g/mol. The van der Waals surface area contributed by atoms with Crippen molar-refractivity contribution in [3.8, 4) is 0 Å². The lowest BCUT2D eigenvalue weighted by Crippen LogP contribution is -2.40. The van der Waals surface area contributed by atoms with Crippen molar-refractivity contribution in [1.82, 2.24) is 0 Å².